The number of fused-ring (bicyclic) bond motifs is 1. The first kappa shape index (κ1) is 28.8. The topological polar surface area (TPSA) is 70.5 Å². The van der Waals surface area contributed by atoms with Gasteiger partial charge in [-0.2, -0.15) is 13.2 Å². The molecule has 2 aliphatic rings. The molecule has 6 nitrogen and oxygen atoms in total. The molecule has 1 aromatic carbocycles. The zero-order chi connectivity index (χ0) is 27.7. The van der Waals surface area contributed by atoms with Crippen molar-refractivity contribution in [2.24, 2.45) is 0 Å². The molecule has 2 aromatic rings. The van der Waals surface area contributed by atoms with E-state index in [0.717, 1.165) is 93.8 Å². The van der Waals surface area contributed by atoms with E-state index in [1.54, 1.807) is 0 Å². The van der Waals surface area contributed by atoms with E-state index in [2.05, 4.69) is 54.3 Å². The SMILES string of the molecule is CC(C)(C)[Si](C)(C)OCCN1CCC[C@@H](Nc2nnc(-c3ccc(C(F)(F)F)cc3O)c3c2CCCC3)C1. The number of likely N-dealkylation sites (tertiary alicyclic amines) is 1. The van der Waals surface area contributed by atoms with Crippen molar-refractivity contribution in [1.29, 1.82) is 0 Å². The van der Waals surface area contributed by atoms with Gasteiger partial charge in [0.05, 0.1) is 5.56 Å². The average molecular weight is 551 g/mol. The minimum absolute atomic E-state index is 0.195. The number of hydrogen-bond donors (Lipinski definition) is 2. The summed E-state index contributed by atoms with van der Waals surface area (Å²) in [5.41, 5.74) is 1.93. The standard InChI is InChI=1S/C28H41F3N4O2Si/c1-27(2,3)38(4,5)37-16-15-35-14-8-9-20(18-35)32-26-22-11-7-6-10-21(22)25(33-34-26)23-13-12-19(17-24(23)36)28(29,30)31/h12-13,17,20,36H,6-11,14-16,18H2,1-5H3,(H,32,34)/t20-/m1/s1. The maximum atomic E-state index is 13.1. The second-order valence-electron chi connectivity index (χ2n) is 12.2. The van der Waals surface area contributed by atoms with Gasteiger partial charge in [-0.1, -0.05) is 20.8 Å². The Hall–Kier alpha value is -2.17. The van der Waals surface area contributed by atoms with Gasteiger partial charge in [-0.25, -0.2) is 0 Å². The lowest BCUT2D eigenvalue weighted by molar-refractivity contribution is -0.137. The van der Waals surface area contributed by atoms with Gasteiger partial charge in [-0.15, -0.1) is 10.2 Å². The number of benzene rings is 1. The maximum absolute atomic E-state index is 13.1. The van der Waals surface area contributed by atoms with Gasteiger partial charge in [0, 0.05) is 36.9 Å². The number of hydrogen-bond acceptors (Lipinski definition) is 6. The molecule has 1 saturated heterocycles. The highest BCUT2D eigenvalue weighted by Crippen LogP contribution is 2.40. The molecule has 1 aliphatic heterocycles. The third-order valence-corrected chi connectivity index (χ3v) is 12.9. The van der Waals surface area contributed by atoms with Crippen molar-refractivity contribution < 1.29 is 22.7 Å². The summed E-state index contributed by atoms with van der Waals surface area (Å²) in [6.07, 6.45) is 1.20. The molecule has 0 amide bonds. The zero-order valence-corrected chi connectivity index (χ0v) is 24.2. The molecular weight excluding hydrogens is 509 g/mol. The van der Waals surface area contributed by atoms with Gasteiger partial charge in [0.1, 0.15) is 11.4 Å². The number of nitrogens with one attached hydrogen (secondary N) is 1. The molecular formula is C28H41F3N4O2Si. The number of nitrogens with zero attached hydrogens (tertiary/aromatic N) is 3. The summed E-state index contributed by atoms with van der Waals surface area (Å²) in [4.78, 5) is 2.45. The summed E-state index contributed by atoms with van der Waals surface area (Å²) in [5.74, 6) is 0.338. The van der Waals surface area contributed by atoms with Gasteiger partial charge in [-0.3, -0.25) is 4.90 Å². The van der Waals surface area contributed by atoms with Crippen LogP contribution in [0, 0.1) is 0 Å². The van der Waals surface area contributed by atoms with Crippen LogP contribution in [-0.2, 0) is 23.4 Å². The molecule has 210 valence electrons. The molecule has 38 heavy (non-hydrogen) atoms. The van der Waals surface area contributed by atoms with Gasteiger partial charge in [0.15, 0.2) is 14.1 Å². The summed E-state index contributed by atoms with van der Waals surface area (Å²) in [6.45, 7) is 14.9. The Morgan fingerprint density at radius 1 is 1.08 bits per heavy atom. The van der Waals surface area contributed by atoms with E-state index in [1.165, 1.54) is 6.07 Å². The minimum atomic E-state index is -4.51. The number of rotatable bonds is 7. The van der Waals surface area contributed by atoms with Crippen molar-refractivity contribution in [1.82, 2.24) is 15.1 Å². The maximum Gasteiger partial charge on any atom is 0.416 e. The van der Waals surface area contributed by atoms with E-state index in [1.807, 2.05) is 0 Å². The second-order valence-corrected chi connectivity index (χ2v) is 17.0. The van der Waals surface area contributed by atoms with Crippen LogP contribution in [0.5, 0.6) is 5.75 Å². The quantitative estimate of drug-likeness (QED) is 0.377. The fourth-order valence-electron chi connectivity index (χ4n) is 5.11. The Balaban J connectivity index is 1.47. The number of alkyl halides is 3. The van der Waals surface area contributed by atoms with Crippen LogP contribution >= 0.6 is 0 Å². The van der Waals surface area contributed by atoms with Crippen molar-refractivity contribution in [2.75, 3.05) is 31.6 Å². The number of halogens is 3. The lowest BCUT2D eigenvalue weighted by Crippen LogP contribution is -2.46. The molecule has 4 rings (SSSR count). The largest absolute Gasteiger partial charge is 0.507 e. The summed E-state index contributed by atoms with van der Waals surface area (Å²) in [6, 6.07) is 3.30. The van der Waals surface area contributed by atoms with Gasteiger partial charge in [0.25, 0.3) is 0 Å². The first-order chi connectivity index (χ1) is 17.8. The predicted molar refractivity (Wildman–Crippen MR) is 147 cm³/mol. The third kappa shape index (κ3) is 6.51. The average Bonchev–Trinajstić information content (AvgIpc) is 2.83. The Bertz CT molecular complexity index is 1130. The van der Waals surface area contributed by atoms with Crippen molar-refractivity contribution >= 4 is 14.1 Å². The van der Waals surface area contributed by atoms with E-state index >= 15 is 0 Å². The van der Waals surface area contributed by atoms with E-state index in [9.17, 15) is 18.3 Å². The number of aromatic nitrogens is 2. The smallest absolute Gasteiger partial charge is 0.416 e. The van der Waals surface area contributed by atoms with Crippen LogP contribution in [0.1, 0.15) is 63.1 Å². The van der Waals surface area contributed by atoms with Crippen LogP contribution in [0.3, 0.4) is 0 Å². The van der Waals surface area contributed by atoms with Crippen molar-refractivity contribution in [3.05, 3.63) is 34.9 Å². The van der Waals surface area contributed by atoms with Gasteiger partial charge < -0.3 is 14.8 Å². The Morgan fingerprint density at radius 3 is 2.45 bits per heavy atom. The Kier molecular flexibility index (Phi) is 8.45. The summed E-state index contributed by atoms with van der Waals surface area (Å²) in [7, 11) is -1.77. The number of phenolic OH excluding ortho intramolecular Hbond substituents is 1. The molecule has 1 aromatic heterocycles. The van der Waals surface area contributed by atoms with Gasteiger partial charge >= 0.3 is 6.18 Å². The molecule has 10 heteroatoms. The molecule has 1 atom stereocenters. The van der Waals surface area contributed by atoms with E-state index in [4.69, 9.17) is 4.43 Å². The second kappa shape index (κ2) is 11.1. The highest BCUT2D eigenvalue weighted by molar-refractivity contribution is 6.74. The van der Waals surface area contributed by atoms with Crippen LogP contribution in [0.2, 0.25) is 18.1 Å². The van der Waals surface area contributed by atoms with Crippen LogP contribution in [0.25, 0.3) is 11.3 Å². The van der Waals surface area contributed by atoms with E-state index in [0.29, 0.717) is 11.3 Å². The molecule has 1 fully saturated rings. The minimum Gasteiger partial charge on any atom is -0.507 e. The lowest BCUT2D eigenvalue weighted by atomic mass is 9.88. The van der Waals surface area contributed by atoms with Crippen LogP contribution in [0.15, 0.2) is 18.2 Å². The number of phenols is 1. The predicted octanol–water partition coefficient (Wildman–Crippen LogP) is 6.64. The van der Waals surface area contributed by atoms with Gasteiger partial charge in [0.2, 0.25) is 0 Å². The molecule has 2 heterocycles. The van der Waals surface area contributed by atoms with E-state index < -0.39 is 25.8 Å². The molecule has 2 N–H and O–H groups in total. The van der Waals surface area contributed by atoms with Crippen LogP contribution in [0.4, 0.5) is 19.0 Å². The molecule has 0 unspecified atom stereocenters. The Morgan fingerprint density at radius 2 is 1.79 bits per heavy atom. The van der Waals surface area contributed by atoms with E-state index in [-0.39, 0.29) is 11.1 Å². The molecule has 0 spiro atoms. The summed E-state index contributed by atoms with van der Waals surface area (Å²) >= 11 is 0. The fourth-order valence-corrected chi connectivity index (χ4v) is 6.14. The fraction of sp³-hybridized carbons (Fsp3) is 0.643. The van der Waals surface area contributed by atoms with Crippen molar-refractivity contribution in [3.8, 4) is 17.0 Å². The molecule has 0 saturated carbocycles. The lowest BCUT2D eigenvalue weighted by Gasteiger charge is -2.38. The van der Waals surface area contributed by atoms with Gasteiger partial charge in [-0.05, 0) is 87.0 Å². The molecule has 0 bridgehead atoms. The normalized spacial score (nSPS) is 19.3. The Labute approximate surface area is 225 Å². The number of aromatic hydroxyl groups is 1. The number of anilines is 1. The summed E-state index contributed by atoms with van der Waals surface area (Å²) in [5, 5.41) is 23.2. The molecule has 1 aliphatic carbocycles. The first-order valence-corrected chi connectivity index (χ1v) is 16.6. The van der Waals surface area contributed by atoms with Crippen LogP contribution in [-0.4, -0.2) is 60.8 Å². The first-order valence-electron chi connectivity index (χ1n) is 13.7. The third-order valence-electron chi connectivity index (χ3n) is 8.39. The highest BCUT2D eigenvalue weighted by Gasteiger charge is 2.37. The zero-order valence-electron chi connectivity index (χ0n) is 23.2. The van der Waals surface area contributed by atoms with Crippen molar-refractivity contribution in [3.63, 3.8) is 0 Å². The monoisotopic (exact) mass is 550 g/mol. The summed E-state index contributed by atoms with van der Waals surface area (Å²) < 4.78 is 45.7. The highest BCUT2D eigenvalue weighted by atomic mass is 28.4. The van der Waals surface area contributed by atoms with Crippen molar-refractivity contribution in [2.45, 2.75) is 89.6 Å². The van der Waals surface area contributed by atoms with Crippen LogP contribution < -0.4 is 5.32 Å². The number of piperidine rings is 1. The molecule has 0 radical (unpaired) electrons.